The number of hydrogen-bond donors (Lipinski definition) is 0. The van der Waals surface area contributed by atoms with E-state index >= 15 is 0 Å². The van der Waals surface area contributed by atoms with Crippen molar-refractivity contribution < 1.29 is 8.42 Å². The lowest BCUT2D eigenvalue weighted by atomic mass is 10.1. The molecule has 0 spiro atoms. The molecule has 134 valence electrons. The molecule has 25 heavy (non-hydrogen) atoms. The third kappa shape index (κ3) is 3.48. The number of nitrogens with zero attached hydrogens (tertiary/aromatic N) is 4. The first-order chi connectivity index (χ1) is 12.0. The molecular weight excluding hydrogens is 336 g/mol. The maximum absolute atomic E-state index is 11.7. The van der Waals surface area contributed by atoms with Gasteiger partial charge in [-0.05, 0) is 37.4 Å². The highest BCUT2D eigenvalue weighted by molar-refractivity contribution is 7.91. The van der Waals surface area contributed by atoms with Crippen molar-refractivity contribution in [3.05, 3.63) is 47.5 Å². The van der Waals surface area contributed by atoms with E-state index in [2.05, 4.69) is 43.9 Å². The smallest absolute Gasteiger partial charge is 0.151 e. The summed E-state index contributed by atoms with van der Waals surface area (Å²) in [6.45, 7) is 0.804. The van der Waals surface area contributed by atoms with E-state index in [0.717, 1.165) is 38.1 Å². The van der Waals surface area contributed by atoms with Gasteiger partial charge in [0.15, 0.2) is 9.84 Å². The number of hydrogen-bond acceptors (Lipinski definition) is 5. The fourth-order valence-corrected chi connectivity index (χ4v) is 5.85. The van der Waals surface area contributed by atoms with Crippen LogP contribution in [-0.2, 0) is 29.1 Å². The average Bonchev–Trinajstić information content (AvgIpc) is 3.29. The van der Waals surface area contributed by atoms with Gasteiger partial charge in [-0.3, -0.25) is 0 Å². The Balaban J connectivity index is 1.40. The third-order valence-corrected chi connectivity index (χ3v) is 7.29. The molecule has 7 heteroatoms. The molecule has 1 aliphatic carbocycles. The van der Waals surface area contributed by atoms with E-state index in [1.165, 1.54) is 11.1 Å². The average molecular weight is 360 g/mol. The first-order valence-corrected chi connectivity index (χ1v) is 10.7. The van der Waals surface area contributed by atoms with Gasteiger partial charge in [0.25, 0.3) is 0 Å². The SMILES string of the molecule is CN(CCc1ncnn1C1Cc2ccccc2C1)[C@@H]1CCS(=O)(=O)C1. The Morgan fingerprint density at radius 3 is 2.60 bits per heavy atom. The van der Waals surface area contributed by atoms with Gasteiger partial charge < -0.3 is 4.90 Å². The first-order valence-electron chi connectivity index (χ1n) is 8.88. The van der Waals surface area contributed by atoms with E-state index in [-0.39, 0.29) is 11.8 Å². The first kappa shape index (κ1) is 16.7. The van der Waals surface area contributed by atoms with Crippen LogP contribution in [0.5, 0.6) is 0 Å². The fourth-order valence-electron chi connectivity index (χ4n) is 4.05. The summed E-state index contributed by atoms with van der Waals surface area (Å²) < 4.78 is 25.4. The second-order valence-electron chi connectivity index (χ2n) is 7.24. The number of rotatable bonds is 5. The summed E-state index contributed by atoms with van der Waals surface area (Å²) in [5.41, 5.74) is 2.81. The number of fused-ring (bicyclic) bond motifs is 1. The monoisotopic (exact) mass is 360 g/mol. The molecule has 0 bridgehead atoms. The summed E-state index contributed by atoms with van der Waals surface area (Å²) in [7, 11) is -0.828. The summed E-state index contributed by atoms with van der Waals surface area (Å²) in [5, 5.41) is 4.47. The van der Waals surface area contributed by atoms with Crippen LogP contribution in [0.2, 0.25) is 0 Å². The number of benzene rings is 1. The molecule has 1 saturated heterocycles. The molecule has 1 aromatic carbocycles. The van der Waals surface area contributed by atoms with Crippen LogP contribution in [0.3, 0.4) is 0 Å². The van der Waals surface area contributed by atoms with Crippen LogP contribution in [-0.4, -0.2) is 59.2 Å². The Hall–Kier alpha value is -1.73. The van der Waals surface area contributed by atoms with E-state index in [0.29, 0.717) is 11.8 Å². The summed E-state index contributed by atoms with van der Waals surface area (Å²) in [5.74, 6) is 1.60. The van der Waals surface area contributed by atoms with Gasteiger partial charge in [0.1, 0.15) is 12.2 Å². The van der Waals surface area contributed by atoms with Crippen molar-refractivity contribution in [2.45, 2.75) is 37.8 Å². The minimum absolute atomic E-state index is 0.136. The molecule has 2 heterocycles. The molecule has 0 unspecified atom stereocenters. The van der Waals surface area contributed by atoms with E-state index in [9.17, 15) is 8.42 Å². The second-order valence-corrected chi connectivity index (χ2v) is 9.47. The standard InChI is InChI=1S/C18H24N4O2S/c1-21(16-7-9-25(23,24)12-16)8-6-18-19-13-20-22(18)17-10-14-4-2-3-5-15(14)11-17/h2-5,13,16-17H,6-12H2,1H3/t16-/m1/s1. The van der Waals surface area contributed by atoms with Crippen LogP contribution in [0.4, 0.5) is 0 Å². The van der Waals surface area contributed by atoms with Gasteiger partial charge in [0.05, 0.1) is 17.5 Å². The lowest BCUT2D eigenvalue weighted by Gasteiger charge is -2.23. The van der Waals surface area contributed by atoms with Crippen LogP contribution in [0.1, 0.15) is 29.4 Å². The Labute approximate surface area is 148 Å². The van der Waals surface area contributed by atoms with E-state index < -0.39 is 9.84 Å². The molecule has 0 N–H and O–H groups in total. The molecule has 4 rings (SSSR count). The Kier molecular flexibility index (Phi) is 4.37. The Morgan fingerprint density at radius 2 is 1.96 bits per heavy atom. The normalized spacial score (nSPS) is 22.6. The van der Waals surface area contributed by atoms with Crippen LogP contribution in [0.25, 0.3) is 0 Å². The van der Waals surface area contributed by atoms with Gasteiger partial charge in [0.2, 0.25) is 0 Å². The van der Waals surface area contributed by atoms with Crippen molar-refractivity contribution in [1.29, 1.82) is 0 Å². The Bertz CT molecular complexity index is 836. The molecule has 1 aliphatic heterocycles. The molecule has 0 saturated carbocycles. The van der Waals surface area contributed by atoms with Crippen LogP contribution in [0.15, 0.2) is 30.6 Å². The highest BCUT2D eigenvalue weighted by Crippen LogP contribution is 2.30. The Morgan fingerprint density at radius 1 is 1.24 bits per heavy atom. The topological polar surface area (TPSA) is 68.1 Å². The number of likely N-dealkylation sites (N-methyl/N-ethyl adjacent to an activating group) is 1. The lowest BCUT2D eigenvalue weighted by molar-refractivity contribution is 0.261. The maximum atomic E-state index is 11.7. The minimum Gasteiger partial charge on any atom is -0.302 e. The quantitative estimate of drug-likeness (QED) is 0.803. The second kappa shape index (κ2) is 6.53. The summed E-state index contributed by atoms with van der Waals surface area (Å²) >= 11 is 0. The van der Waals surface area contributed by atoms with Crippen LogP contribution >= 0.6 is 0 Å². The molecule has 0 radical (unpaired) electrons. The van der Waals surface area contributed by atoms with Gasteiger partial charge in [-0.25, -0.2) is 18.1 Å². The number of aromatic nitrogens is 3. The minimum atomic E-state index is -2.84. The molecule has 2 aliphatic rings. The largest absolute Gasteiger partial charge is 0.302 e. The van der Waals surface area contributed by atoms with Crippen molar-refractivity contribution in [1.82, 2.24) is 19.7 Å². The zero-order chi connectivity index (χ0) is 17.4. The molecule has 2 aromatic rings. The summed E-state index contributed by atoms with van der Waals surface area (Å²) in [6.07, 6.45) is 5.17. The summed E-state index contributed by atoms with van der Waals surface area (Å²) in [6, 6.07) is 9.05. The van der Waals surface area contributed by atoms with Gasteiger partial charge in [-0.2, -0.15) is 5.10 Å². The van der Waals surface area contributed by atoms with Gasteiger partial charge in [0, 0.05) is 19.0 Å². The van der Waals surface area contributed by atoms with Crippen molar-refractivity contribution >= 4 is 9.84 Å². The van der Waals surface area contributed by atoms with Crippen molar-refractivity contribution in [3.8, 4) is 0 Å². The molecule has 6 nitrogen and oxygen atoms in total. The van der Waals surface area contributed by atoms with E-state index in [4.69, 9.17) is 0 Å². The summed E-state index contributed by atoms with van der Waals surface area (Å²) in [4.78, 5) is 6.62. The highest BCUT2D eigenvalue weighted by Gasteiger charge is 2.31. The molecule has 1 fully saturated rings. The maximum Gasteiger partial charge on any atom is 0.151 e. The highest BCUT2D eigenvalue weighted by atomic mass is 32.2. The molecule has 1 atom stereocenters. The van der Waals surface area contributed by atoms with E-state index in [1.807, 2.05) is 7.05 Å². The van der Waals surface area contributed by atoms with Crippen LogP contribution < -0.4 is 0 Å². The number of sulfone groups is 1. The zero-order valence-electron chi connectivity index (χ0n) is 14.5. The molecule has 0 amide bonds. The molecule has 1 aromatic heterocycles. The van der Waals surface area contributed by atoms with Gasteiger partial charge in [-0.1, -0.05) is 24.3 Å². The molecular formula is C18H24N4O2S. The van der Waals surface area contributed by atoms with Gasteiger partial charge >= 0.3 is 0 Å². The predicted octanol–water partition coefficient (Wildman–Crippen LogP) is 1.28. The van der Waals surface area contributed by atoms with Crippen LogP contribution in [0, 0.1) is 0 Å². The van der Waals surface area contributed by atoms with Crippen molar-refractivity contribution in [3.63, 3.8) is 0 Å². The van der Waals surface area contributed by atoms with Crippen molar-refractivity contribution in [2.24, 2.45) is 0 Å². The lowest BCUT2D eigenvalue weighted by Crippen LogP contribution is -2.34. The predicted molar refractivity (Wildman–Crippen MR) is 96.3 cm³/mol. The zero-order valence-corrected chi connectivity index (χ0v) is 15.3. The fraction of sp³-hybridized carbons (Fsp3) is 0.556. The third-order valence-electron chi connectivity index (χ3n) is 5.54. The van der Waals surface area contributed by atoms with Gasteiger partial charge in [-0.15, -0.1) is 0 Å². The van der Waals surface area contributed by atoms with E-state index in [1.54, 1.807) is 6.33 Å². The van der Waals surface area contributed by atoms with Crippen molar-refractivity contribution in [2.75, 3.05) is 25.1 Å².